The first-order valence-electron chi connectivity index (χ1n) is 9.92. The first-order chi connectivity index (χ1) is 15.5. The van der Waals surface area contributed by atoms with E-state index >= 15 is 0 Å². The van der Waals surface area contributed by atoms with Crippen molar-refractivity contribution in [3.63, 3.8) is 0 Å². The number of carbonyl (C=O) groups is 1. The molecule has 32 heavy (non-hydrogen) atoms. The predicted octanol–water partition coefficient (Wildman–Crippen LogP) is 5.34. The standard InChI is InChI=1S/C25H17ClFNO4/c1-31-16-9-6-14(7-10-16)13-28-22(17-4-2-3-5-19(17)27)21-23(29)18-12-15(26)8-11-20(18)32-24(21)25(28)30/h2-12,22H,13H2,1H3/t22-/m0/s1. The monoisotopic (exact) mass is 449 g/mol. The van der Waals surface area contributed by atoms with Crippen LogP contribution in [0.5, 0.6) is 5.75 Å². The molecule has 4 aromatic rings. The van der Waals surface area contributed by atoms with Gasteiger partial charge in [0.15, 0.2) is 5.43 Å². The predicted molar refractivity (Wildman–Crippen MR) is 119 cm³/mol. The molecule has 0 unspecified atom stereocenters. The SMILES string of the molecule is COc1ccc(CN2C(=O)c3oc4ccc(Cl)cc4c(=O)c3[C@@H]2c2ccccc2F)cc1. The summed E-state index contributed by atoms with van der Waals surface area (Å²) in [7, 11) is 1.57. The number of carbonyl (C=O) groups excluding carboxylic acids is 1. The van der Waals surface area contributed by atoms with Crippen molar-refractivity contribution < 1.29 is 18.3 Å². The Bertz CT molecular complexity index is 1410. The maximum atomic E-state index is 14.9. The Morgan fingerprint density at radius 3 is 2.53 bits per heavy atom. The van der Waals surface area contributed by atoms with Crippen molar-refractivity contribution in [3.8, 4) is 5.75 Å². The second-order valence-electron chi connectivity index (χ2n) is 7.52. The molecule has 0 saturated heterocycles. The van der Waals surface area contributed by atoms with Crippen LogP contribution in [0.15, 0.2) is 75.9 Å². The molecule has 5 nitrogen and oxygen atoms in total. The zero-order chi connectivity index (χ0) is 22.4. The summed E-state index contributed by atoms with van der Waals surface area (Å²) in [5, 5.41) is 0.614. The van der Waals surface area contributed by atoms with E-state index in [2.05, 4.69) is 0 Å². The summed E-state index contributed by atoms with van der Waals surface area (Å²) in [4.78, 5) is 28.3. The van der Waals surface area contributed by atoms with Gasteiger partial charge in [-0.3, -0.25) is 9.59 Å². The minimum absolute atomic E-state index is 0.0772. The van der Waals surface area contributed by atoms with Crippen LogP contribution in [0.4, 0.5) is 4.39 Å². The number of rotatable bonds is 4. The smallest absolute Gasteiger partial charge is 0.291 e. The van der Waals surface area contributed by atoms with Crippen LogP contribution in [0.3, 0.4) is 0 Å². The van der Waals surface area contributed by atoms with Crippen molar-refractivity contribution in [1.29, 1.82) is 0 Å². The van der Waals surface area contributed by atoms with Gasteiger partial charge in [0.05, 0.1) is 24.1 Å². The lowest BCUT2D eigenvalue weighted by Crippen LogP contribution is -2.29. The molecule has 160 valence electrons. The largest absolute Gasteiger partial charge is 0.497 e. The zero-order valence-electron chi connectivity index (χ0n) is 17.0. The Hall–Kier alpha value is -3.64. The van der Waals surface area contributed by atoms with E-state index in [4.69, 9.17) is 20.8 Å². The highest BCUT2D eigenvalue weighted by atomic mass is 35.5. The molecule has 0 fully saturated rings. The van der Waals surface area contributed by atoms with Crippen molar-refractivity contribution in [2.24, 2.45) is 0 Å². The molecular weight excluding hydrogens is 433 g/mol. The molecular formula is C25H17ClFNO4. The van der Waals surface area contributed by atoms with Crippen LogP contribution in [0.1, 0.15) is 33.3 Å². The number of fused-ring (bicyclic) bond motifs is 2. The Labute approximate surface area is 187 Å². The summed E-state index contributed by atoms with van der Waals surface area (Å²) in [5.41, 5.74) is 0.992. The summed E-state index contributed by atoms with van der Waals surface area (Å²) in [6.07, 6.45) is 0. The van der Waals surface area contributed by atoms with Crippen molar-refractivity contribution in [2.75, 3.05) is 7.11 Å². The lowest BCUT2D eigenvalue weighted by molar-refractivity contribution is 0.0712. The van der Waals surface area contributed by atoms with Gasteiger partial charge in [0.1, 0.15) is 17.1 Å². The molecule has 1 aliphatic heterocycles. The first-order valence-corrected chi connectivity index (χ1v) is 10.3. The first kappa shape index (κ1) is 20.3. The van der Waals surface area contributed by atoms with E-state index in [0.29, 0.717) is 10.8 Å². The third-order valence-electron chi connectivity index (χ3n) is 5.64. The average molecular weight is 450 g/mol. The van der Waals surface area contributed by atoms with Crippen LogP contribution in [0.25, 0.3) is 11.0 Å². The molecule has 1 aliphatic rings. The number of hydrogen-bond acceptors (Lipinski definition) is 4. The molecule has 0 aliphatic carbocycles. The molecule has 1 atom stereocenters. The second-order valence-corrected chi connectivity index (χ2v) is 7.96. The van der Waals surface area contributed by atoms with Crippen molar-refractivity contribution >= 4 is 28.5 Å². The van der Waals surface area contributed by atoms with Gasteiger partial charge in [-0.15, -0.1) is 0 Å². The lowest BCUT2D eigenvalue weighted by atomic mass is 9.98. The highest BCUT2D eigenvalue weighted by Crippen LogP contribution is 2.40. The third kappa shape index (κ3) is 3.24. The van der Waals surface area contributed by atoms with Crippen molar-refractivity contribution in [1.82, 2.24) is 4.90 Å². The van der Waals surface area contributed by atoms with Crippen LogP contribution >= 0.6 is 11.6 Å². The van der Waals surface area contributed by atoms with Gasteiger partial charge in [0, 0.05) is 17.1 Å². The molecule has 0 N–H and O–H groups in total. The highest BCUT2D eigenvalue weighted by Gasteiger charge is 2.43. The van der Waals surface area contributed by atoms with E-state index in [0.717, 1.165) is 5.56 Å². The van der Waals surface area contributed by atoms with Gasteiger partial charge in [-0.1, -0.05) is 41.9 Å². The third-order valence-corrected chi connectivity index (χ3v) is 5.87. The number of halogens is 2. The van der Waals surface area contributed by atoms with Crippen LogP contribution in [0.2, 0.25) is 5.02 Å². The summed E-state index contributed by atoms with van der Waals surface area (Å²) in [5.74, 6) is -0.386. The zero-order valence-corrected chi connectivity index (χ0v) is 17.7. The van der Waals surface area contributed by atoms with Crippen LogP contribution in [0, 0.1) is 5.82 Å². The minimum atomic E-state index is -0.930. The molecule has 3 aromatic carbocycles. The summed E-state index contributed by atoms with van der Waals surface area (Å²) >= 11 is 6.08. The highest BCUT2D eigenvalue weighted by molar-refractivity contribution is 6.31. The van der Waals surface area contributed by atoms with E-state index in [9.17, 15) is 14.0 Å². The van der Waals surface area contributed by atoms with Gasteiger partial charge >= 0.3 is 0 Å². The van der Waals surface area contributed by atoms with Gasteiger partial charge in [-0.25, -0.2) is 4.39 Å². The van der Waals surface area contributed by atoms with Crippen molar-refractivity contribution in [3.05, 3.63) is 110 Å². The lowest BCUT2D eigenvalue weighted by Gasteiger charge is -2.25. The molecule has 2 heterocycles. The average Bonchev–Trinajstić information content (AvgIpc) is 3.07. The molecule has 1 aromatic heterocycles. The number of hydrogen-bond donors (Lipinski definition) is 0. The van der Waals surface area contributed by atoms with Crippen LogP contribution in [-0.4, -0.2) is 17.9 Å². The van der Waals surface area contributed by atoms with Crippen LogP contribution in [-0.2, 0) is 6.54 Å². The van der Waals surface area contributed by atoms with Gasteiger partial charge in [-0.05, 0) is 42.0 Å². The molecule has 0 bridgehead atoms. The maximum absolute atomic E-state index is 14.9. The van der Waals surface area contributed by atoms with Gasteiger partial charge in [0.25, 0.3) is 5.91 Å². The Morgan fingerprint density at radius 1 is 1.06 bits per heavy atom. The van der Waals surface area contributed by atoms with E-state index in [1.807, 2.05) is 12.1 Å². The number of benzene rings is 3. The molecule has 0 spiro atoms. The van der Waals surface area contributed by atoms with Crippen molar-refractivity contribution in [2.45, 2.75) is 12.6 Å². The molecule has 0 radical (unpaired) electrons. The summed E-state index contributed by atoms with van der Waals surface area (Å²) in [6, 6.07) is 17.0. The Morgan fingerprint density at radius 2 is 1.81 bits per heavy atom. The van der Waals surface area contributed by atoms with E-state index in [-0.39, 0.29) is 34.4 Å². The number of amides is 1. The summed E-state index contributed by atoms with van der Waals surface area (Å²) in [6.45, 7) is 0.155. The Kier molecular flexibility index (Phi) is 4.94. The van der Waals surface area contributed by atoms with E-state index in [1.54, 1.807) is 49.6 Å². The quantitative estimate of drug-likeness (QED) is 0.422. The number of ether oxygens (including phenoxy) is 1. The fraction of sp³-hybridized carbons (Fsp3) is 0.120. The molecule has 7 heteroatoms. The van der Waals surface area contributed by atoms with Gasteiger partial charge in [-0.2, -0.15) is 0 Å². The number of nitrogens with zero attached hydrogens (tertiary/aromatic N) is 1. The Balaban J connectivity index is 1.71. The van der Waals surface area contributed by atoms with Gasteiger partial charge in [0.2, 0.25) is 5.76 Å². The maximum Gasteiger partial charge on any atom is 0.291 e. The minimum Gasteiger partial charge on any atom is -0.497 e. The molecule has 0 saturated carbocycles. The molecule has 5 rings (SSSR count). The van der Waals surface area contributed by atoms with E-state index in [1.165, 1.54) is 17.0 Å². The number of methoxy groups -OCH3 is 1. The van der Waals surface area contributed by atoms with E-state index < -0.39 is 23.2 Å². The second kappa shape index (κ2) is 7.80. The normalized spacial score (nSPS) is 15.3. The van der Waals surface area contributed by atoms with Gasteiger partial charge < -0.3 is 14.1 Å². The topological polar surface area (TPSA) is 59.8 Å². The van der Waals surface area contributed by atoms with Crippen LogP contribution < -0.4 is 10.2 Å². The fourth-order valence-corrected chi connectivity index (χ4v) is 4.28. The molecule has 1 amide bonds. The summed E-state index contributed by atoms with van der Waals surface area (Å²) < 4.78 is 25.9. The fourth-order valence-electron chi connectivity index (χ4n) is 4.10.